The van der Waals surface area contributed by atoms with Crippen LogP contribution in [0.25, 0.3) is 0 Å². The second-order valence-electron chi connectivity index (χ2n) is 5.61. The SMILES string of the molecule is CNc1ccc(C(=O)NCC2(C)CCCCC2)nn1. The third kappa shape index (κ3) is 3.66. The van der Waals surface area contributed by atoms with Gasteiger partial charge in [0, 0.05) is 13.6 Å². The lowest BCUT2D eigenvalue weighted by molar-refractivity contribution is 0.0913. The zero-order chi connectivity index (χ0) is 13.7. The van der Waals surface area contributed by atoms with Gasteiger partial charge in [-0.25, -0.2) is 0 Å². The van der Waals surface area contributed by atoms with E-state index in [0.717, 1.165) is 6.54 Å². The van der Waals surface area contributed by atoms with Gasteiger partial charge in [0.15, 0.2) is 5.69 Å². The van der Waals surface area contributed by atoms with Gasteiger partial charge in [0.2, 0.25) is 0 Å². The monoisotopic (exact) mass is 262 g/mol. The van der Waals surface area contributed by atoms with Gasteiger partial charge < -0.3 is 10.6 Å². The number of nitrogens with zero attached hydrogens (tertiary/aromatic N) is 2. The molecule has 1 fully saturated rings. The molecule has 1 aromatic rings. The van der Waals surface area contributed by atoms with Crippen LogP contribution in [-0.2, 0) is 0 Å². The number of carbonyl (C=O) groups is 1. The van der Waals surface area contributed by atoms with Crippen molar-refractivity contribution >= 4 is 11.7 Å². The highest BCUT2D eigenvalue weighted by molar-refractivity contribution is 5.92. The average molecular weight is 262 g/mol. The number of rotatable bonds is 4. The maximum absolute atomic E-state index is 12.0. The predicted molar refractivity (Wildman–Crippen MR) is 75.1 cm³/mol. The predicted octanol–water partition coefficient (Wildman–Crippen LogP) is 2.22. The van der Waals surface area contributed by atoms with Crippen LogP contribution in [-0.4, -0.2) is 29.7 Å². The van der Waals surface area contributed by atoms with E-state index in [9.17, 15) is 4.79 Å². The van der Waals surface area contributed by atoms with Gasteiger partial charge in [-0.2, -0.15) is 0 Å². The van der Waals surface area contributed by atoms with Crippen molar-refractivity contribution in [3.8, 4) is 0 Å². The van der Waals surface area contributed by atoms with Crippen LogP contribution in [0.3, 0.4) is 0 Å². The Hall–Kier alpha value is -1.65. The summed E-state index contributed by atoms with van der Waals surface area (Å²) in [4.78, 5) is 12.0. The van der Waals surface area contributed by atoms with E-state index in [4.69, 9.17) is 0 Å². The summed E-state index contributed by atoms with van der Waals surface area (Å²) in [5.41, 5.74) is 0.616. The highest BCUT2D eigenvalue weighted by Gasteiger charge is 2.27. The summed E-state index contributed by atoms with van der Waals surface area (Å²) in [5.74, 6) is 0.526. The van der Waals surface area contributed by atoms with Crippen LogP contribution in [0.4, 0.5) is 5.82 Å². The first kappa shape index (κ1) is 13.8. The molecule has 5 nitrogen and oxygen atoms in total. The first-order valence-corrected chi connectivity index (χ1v) is 6.93. The molecule has 1 aliphatic rings. The first-order chi connectivity index (χ1) is 9.13. The summed E-state index contributed by atoms with van der Waals surface area (Å²) in [6.45, 7) is 2.98. The van der Waals surface area contributed by atoms with E-state index in [-0.39, 0.29) is 11.3 Å². The van der Waals surface area contributed by atoms with Gasteiger partial charge in [0.05, 0.1) is 0 Å². The van der Waals surface area contributed by atoms with Crippen molar-refractivity contribution in [2.24, 2.45) is 5.41 Å². The van der Waals surface area contributed by atoms with E-state index < -0.39 is 0 Å². The Morgan fingerprint density at radius 1 is 1.26 bits per heavy atom. The minimum atomic E-state index is -0.137. The minimum Gasteiger partial charge on any atom is -0.372 e. The van der Waals surface area contributed by atoms with Gasteiger partial charge in [-0.3, -0.25) is 4.79 Å². The van der Waals surface area contributed by atoms with E-state index in [1.54, 1.807) is 19.2 Å². The molecule has 0 unspecified atom stereocenters. The standard InChI is InChI=1S/C14H22N4O/c1-14(8-4-3-5-9-14)10-16-13(19)11-6-7-12(15-2)18-17-11/h6-7H,3-5,8-10H2,1-2H3,(H,15,18)(H,16,19). The van der Waals surface area contributed by atoms with Crippen LogP contribution in [0.5, 0.6) is 0 Å². The average Bonchev–Trinajstić information content (AvgIpc) is 2.46. The summed E-state index contributed by atoms with van der Waals surface area (Å²) >= 11 is 0. The second kappa shape index (κ2) is 5.99. The fourth-order valence-corrected chi connectivity index (χ4v) is 2.55. The molecular formula is C14H22N4O. The van der Waals surface area contributed by atoms with Crippen LogP contribution < -0.4 is 10.6 Å². The van der Waals surface area contributed by atoms with Crippen LogP contribution >= 0.6 is 0 Å². The number of hydrogen-bond donors (Lipinski definition) is 2. The van der Waals surface area contributed by atoms with Crippen LogP contribution in [0.2, 0.25) is 0 Å². The highest BCUT2D eigenvalue weighted by Crippen LogP contribution is 2.34. The van der Waals surface area contributed by atoms with E-state index in [2.05, 4.69) is 27.8 Å². The molecule has 1 amide bonds. The fourth-order valence-electron chi connectivity index (χ4n) is 2.55. The maximum atomic E-state index is 12.0. The smallest absolute Gasteiger partial charge is 0.271 e. The number of hydrogen-bond acceptors (Lipinski definition) is 4. The fraction of sp³-hybridized carbons (Fsp3) is 0.643. The zero-order valence-electron chi connectivity index (χ0n) is 11.7. The quantitative estimate of drug-likeness (QED) is 0.873. The Labute approximate surface area is 114 Å². The van der Waals surface area contributed by atoms with Crippen LogP contribution in [0.15, 0.2) is 12.1 Å². The Bertz CT molecular complexity index is 424. The molecule has 19 heavy (non-hydrogen) atoms. The van der Waals surface area contributed by atoms with Crippen molar-refractivity contribution in [3.05, 3.63) is 17.8 Å². The molecule has 0 aromatic carbocycles. The van der Waals surface area contributed by atoms with E-state index in [1.807, 2.05) is 0 Å². The summed E-state index contributed by atoms with van der Waals surface area (Å²) < 4.78 is 0. The Morgan fingerprint density at radius 2 is 2.00 bits per heavy atom. The molecule has 2 rings (SSSR count). The molecule has 104 valence electrons. The third-order valence-corrected chi connectivity index (χ3v) is 3.89. The molecule has 0 atom stereocenters. The van der Waals surface area contributed by atoms with E-state index in [1.165, 1.54) is 32.1 Å². The normalized spacial score (nSPS) is 17.8. The van der Waals surface area contributed by atoms with Gasteiger partial charge >= 0.3 is 0 Å². The molecular weight excluding hydrogens is 240 g/mol. The highest BCUT2D eigenvalue weighted by atomic mass is 16.1. The number of anilines is 1. The van der Waals surface area contributed by atoms with Gasteiger partial charge in [-0.05, 0) is 30.4 Å². The number of nitrogens with one attached hydrogen (secondary N) is 2. The molecule has 0 saturated heterocycles. The molecule has 5 heteroatoms. The molecule has 1 aliphatic carbocycles. The van der Waals surface area contributed by atoms with Crippen molar-refractivity contribution < 1.29 is 4.79 Å². The Balaban J connectivity index is 1.89. The van der Waals surface area contributed by atoms with Crippen molar-refractivity contribution in [3.63, 3.8) is 0 Å². The van der Waals surface area contributed by atoms with Gasteiger partial charge in [0.25, 0.3) is 5.91 Å². The molecule has 0 spiro atoms. The van der Waals surface area contributed by atoms with Crippen molar-refractivity contribution in [1.29, 1.82) is 0 Å². The lowest BCUT2D eigenvalue weighted by Gasteiger charge is -2.33. The van der Waals surface area contributed by atoms with Crippen molar-refractivity contribution in [2.75, 3.05) is 18.9 Å². The van der Waals surface area contributed by atoms with Crippen LogP contribution in [0, 0.1) is 5.41 Å². The lowest BCUT2D eigenvalue weighted by Crippen LogP contribution is -2.37. The molecule has 0 aliphatic heterocycles. The summed E-state index contributed by atoms with van der Waals surface area (Å²) in [5, 5.41) is 13.7. The summed E-state index contributed by atoms with van der Waals surface area (Å²) in [6.07, 6.45) is 6.24. The molecule has 0 radical (unpaired) electrons. The number of aromatic nitrogens is 2. The molecule has 1 aromatic heterocycles. The van der Waals surface area contributed by atoms with Gasteiger partial charge in [-0.1, -0.05) is 26.2 Å². The first-order valence-electron chi connectivity index (χ1n) is 6.93. The van der Waals surface area contributed by atoms with E-state index >= 15 is 0 Å². The van der Waals surface area contributed by atoms with Gasteiger partial charge in [0.1, 0.15) is 5.82 Å². The number of amides is 1. The molecule has 2 N–H and O–H groups in total. The van der Waals surface area contributed by atoms with Crippen molar-refractivity contribution in [1.82, 2.24) is 15.5 Å². The maximum Gasteiger partial charge on any atom is 0.271 e. The molecule has 0 bridgehead atoms. The van der Waals surface area contributed by atoms with E-state index in [0.29, 0.717) is 11.5 Å². The minimum absolute atomic E-state index is 0.137. The second-order valence-corrected chi connectivity index (χ2v) is 5.61. The largest absolute Gasteiger partial charge is 0.372 e. The molecule has 1 saturated carbocycles. The Morgan fingerprint density at radius 3 is 2.58 bits per heavy atom. The zero-order valence-corrected chi connectivity index (χ0v) is 11.7. The molecule has 1 heterocycles. The van der Waals surface area contributed by atoms with Crippen LogP contribution in [0.1, 0.15) is 49.5 Å². The van der Waals surface area contributed by atoms with Gasteiger partial charge in [-0.15, -0.1) is 10.2 Å². The number of carbonyl (C=O) groups excluding carboxylic acids is 1. The third-order valence-electron chi connectivity index (χ3n) is 3.89. The van der Waals surface area contributed by atoms with Crippen molar-refractivity contribution in [2.45, 2.75) is 39.0 Å². The summed E-state index contributed by atoms with van der Waals surface area (Å²) in [7, 11) is 1.77. The lowest BCUT2D eigenvalue weighted by atomic mass is 9.76. The topological polar surface area (TPSA) is 66.9 Å². The summed E-state index contributed by atoms with van der Waals surface area (Å²) in [6, 6.07) is 3.45. The Kier molecular flexibility index (Phi) is 4.35.